The van der Waals surface area contributed by atoms with Crippen molar-refractivity contribution in [2.75, 3.05) is 0 Å². The zero-order chi connectivity index (χ0) is 27.0. The van der Waals surface area contributed by atoms with Crippen LogP contribution in [0.25, 0.3) is 33.6 Å². The molecule has 175 valence electrons. The van der Waals surface area contributed by atoms with Gasteiger partial charge >= 0.3 is 0 Å². The quantitative estimate of drug-likeness (QED) is 0.203. The first-order valence-electron chi connectivity index (χ1n) is 12.2. The summed E-state index contributed by atoms with van der Waals surface area (Å²) in [4.78, 5) is 8.45. The molecule has 0 fully saturated rings. The maximum Gasteiger partial charge on any atom is 0.0802 e. The van der Waals surface area contributed by atoms with Crippen molar-refractivity contribution in [2.24, 2.45) is 0 Å². The van der Waals surface area contributed by atoms with E-state index in [1.165, 1.54) is 41.6 Å². The summed E-state index contributed by atoms with van der Waals surface area (Å²) in [6.45, 7) is -2.22. The average Bonchev–Trinajstić information content (AvgIpc) is 2.97. The maximum atomic E-state index is 9.14. The van der Waals surface area contributed by atoms with Gasteiger partial charge in [-0.2, -0.15) is 5.26 Å². The van der Waals surface area contributed by atoms with E-state index in [0.29, 0.717) is 11.3 Å². The average molecular weight is 644 g/mol. The number of benzene rings is 3. The van der Waals surface area contributed by atoms with E-state index in [2.05, 4.69) is 40.3 Å². The van der Waals surface area contributed by atoms with Crippen LogP contribution < -0.4 is 0 Å². The van der Waals surface area contributed by atoms with E-state index in [9.17, 15) is 0 Å². The Morgan fingerprint density at radius 2 is 1.61 bits per heavy atom. The Morgan fingerprint density at radius 1 is 0.778 bits per heavy atom. The van der Waals surface area contributed by atoms with Gasteiger partial charge in [-0.25, -0.2) is 5.26 Å². The maximum absolute atomic E-state index is 9.14. The second-order valence-corrected chi connectivity index (χ2v) is 7.37. The van der Waals surface area contributed by atoms with Crippen molar-refractivity contribution in [3.05, 3.63) is 132 Å². The van der Waals surface area contributed by atoms with Gasteiger partial charge in [0.2, 0.25) is 0 Å². The number of aromatic nitrogens is 2. The predicted molar refractivity (Wildman–Crippen MR) is 137 cm³/mol. The summed E-state index contributed by atoms with van der Waals surface area (Å²) in [5.41, 5.74) is 5.71. The molecule has 0 saturated carbocycles. The molecule has 5 rings (SSSR count). The van der Waals surface area contributed by atoms with Crippen LogP contribution in [0.3, 0.4) is 0 Å². The van der Waals surface area contributed by atoms with Crippen LogP contribution in [0.5, 0.6) is 0 Å². The minimum atomic E-state index is -2.22. The van der Waals surface area contributed by atoms with Gasteiger partial charge in [-0.3, -0.25) is 0 Å². The van der Waals surface area contributed by atoms with Gasteiger partial charge < -0.3 is 9.97 Å². The fourth-order valence-electron chi connectivity index (χ4n) is 3.39. The number of rotatable bonds is 3. The fourth-order valence-corrected chi connectivity index (χ4v) is 3.39. The number of nitriles is 2. The first-order chi connectivity index (χ1) is 18.4. The van der Waals surface area contributed by atoms with E-state index < -0.39 is 6.85 Å². The minimum Gasteiger partial charge on any atom is -0.305 e. The van der Waals surface area contributed by atoms with Gasteiger partial charge in [0, 0.05) is 42.7 Å². The standard InChI is InChI=1S/C17H12N.C14H8N3.Ir/c1-3-7-14(8-4-1)16-11-12-18-17(13-16)15-9-5-2-6-10-15;1-10-5-6-14(17-9-10)12-4-2-3-11(7-15)13(12)8-16;/h1-9,11-13H;2-3,5-6,9H,1H3;/q2*-1;/i;1D3;. The molecule has 0 bridgehead atoms. The first kappa shape index (κ1) is 22.1. The Balaban J connectivity index is 0.000000211. The summed E-state index contributed by atoms with van der Waals surface area (Å²) < 4.78 is 21.8. The topological polar surface area (TPSA) is 73.4 Å². The zero-order valence-electron chi connectivity index (χ0n) is 21.9. The van der Waals surface area contributed by atoms with Gasteiger partial charge in [0.05, 0.1) is 6.07 Å². The van der Waals surface area contributed by atoms with Crippen molar-refractivity contribution in [3.8, 4) is 45.8 Å². The van der Waals surface area contributed by atoms with Crippen LogP contribution >= 0.6 is 0 Å². The Hall–Kier alpha value is -4.41. The summed E-state index contributed by atoms with van der Waals surface area (Å²) in [6, 6.07) is 38.3. The first-order valence-corrected chi connectivity index (χ1v) is 10.7. The van der Waals surface area contributed by atoms with Crippen LogP contribution in [0.1, 0.15) is 20.8 Å². The predicted octanol–water partition coefficient (Wildman–Crippen LogP) is 6.81. The van der Waals surface area contributed by atoms with Crippen LogP contribution in [-0.4, -0.2) is 9.97 Å². The summed E-state index contributed by atoms with van der Waals surface area (Å²) in [5.74, 6) is 0. The van der Waals surface area contributed by atoms with Crippen molar-refractivity contribution in [1.29, 1.82) is 10.5 Å². The molecule has 0 spiro atoms. The molecule has 0 N–H and O–H groups in total. The van der Waals surface area contributed by atoms with E-state index in [4.69, 9.17) is 14.6 Å². The molecule has 4 nitrogen and oxygen atoms in total. The number of hydrogen-bond acceptors (Lipinski definition) is 4. The summed E-state index contributed by atoms with van der Waals surface area (Å²) in [6.07, 6.45) is 3.09. The van der Waals surface area contributed by atoms with Crippen molar-refractivity contribution in [2.45, 2.75) is 6.85 Å². The molecule has 2 heterocycles. The molecule has 0 unspecified atom stereocenters. The third-order valence-electron chi connectivity index (χ3n) is 5.10. The molecular formula is C31H20IrN4-2. The van der Waals surface area contributed by atoms with Crippen LogP contribution in [0.2, 0.25) is 0 Å². The van der Waals surface area contributed by atoms with E-state index in [1.54, 1.807) is 0 Å². The van der Waals surface area contributed by atoms with E-state index >= 15 is 0 Å². The number of nitrogens with zero attached hydrogens (tertiary/aromatic N) is 4. The fraction of sp³-hybridized carbons (Fsp3) is 0.0323. The smallest absolute Gasteiger partial charge is 0.0802 e. The molecule has 5 heteroatoms. The monoisotopic (exact) mass is 644 g/mol. The van der Waals surface area contributed by atoms with Gasteiger partial charge in [-0.1, -0.05) is 48.5 Å². The molecule has 0 aliphatic heterocycles. The second kappa shape index (κ2) is 12.9. The third kappa shape index (κ3) is 6.38. The van der Waals surface area contributed by atoms with Crippen molar-refractivity contribution < 1.29 is 24.2 Å². The second-order valence-electron chi connectivity index (χ2n) is 7.37. The molecule has 1 radical (unpaired) electrons. The number of pyridine rings is 2. The third-order valence-corrected chi connectivity index (χ3v) is 5.10. The molecular weight excluding hydrogens is 621 g/mol. The Bertz CT molecular complexity index is 1550. The molecule has 0 aliphatic rings. The Morgan fingerprint density at radius 3 is 2.28 bits per heavy atom. The molecule has 3 aromatic carbocycles. The summed E-state index contributed by atoms with van der Waals surface area (Å²) in [5, 5.41) is 18.1. The SMILES string of the molecule is [2H]C([2H])([2H])c1ccc(-c2[c-]ccc(C#N)c2C#N)nc1.[Ir].[c-]1ccccc1-c1cc(-c2ccccc2)ccn1. The molecule has 36 heavy (non-hydrogen) atoms. The van der Waals surface area contributed by atoms with Crippen LogP contribution in [-0.2, 0) is 20.1 Å². The van der Waals surface area contributed by atoms with E-state index in [1.807, 2.05) is 66.9 Å². The molecule has 0 saturated heterocycles. The van der Waals surface area contributed by atoms with Gasteiger partial charge in [0.25, 0.3) is 0 Å². The largest absolute Gasteiger partial charge is 0.305 e. The van der Waals surface area contributed by atoms with Crippen LogP contribution in [0.15, 0.2) is 103 Å². The zero-order valence-corrected chi connectivity index (χ0v) is 21.3. The van der Waals surface area contributed by atoms with Crippen LogP contribution in [0.4, 0.5) is 0 Å². The van der Waals surface area contributed by atoms with E-state index in [0.717, 1.165) is 11.3 Å². The van der Waals surface area contributed by atoms with Gasteiger partial charge in [0.1, 0.15) is 0 Å². The normalized spacial score (nSPS) is 11.1. The molecule has 0 atom stereocenters. The van der Waals surface area contributed by atoms with Crippen LogP contribution in [0, 0.1) is 41.6 Å². The molecule has 5 aromatic rings. The molecule has 0 amide bonds. The van der Waals surface area contributed by atoms with Crippen molar-refractivity contribution in [1.82, 2.24) is 9.97 Å². The summed E-state index contributed by atoms with van der Waals surface area (Å²) >= 11 is 0. The molecule has 0 aliphatic carbocycles. The van der Waals surface area contributed by atoms with E-state index in [-0.39, 0.29) is 36.8 Å². The van der Waals surface area contributed by atoms with Gasteiger partial charge in [-0.15, -0.1) is 59.7 Å². The van der Waals surface area contributed by atoms with Gasteiger partial charge in [0.15, 0.2) is 0 Å². The minimum absolute atomic E-state index is 0. The summed E-state index contributed by atoms with van der Waals surface area (Å²) in [7, 11) is 0. The molecule has 2 aromatic heterocycles. The van der Waals surface area contributed by atoms with Crippen molar-refractivity contribution in [3.63, 3.8) is 0 Å². The number of aryl methyl sites for hydroxylation is 1. The van der Waals surface area contributed by atoms with Gasteiger partial charge in [-0.05, 0) is 52.1 Å². The Labute approximate surface area is 229 Å². The number of hydrogen-bond donors (Lipinski definition) is 0. The van der Waals surface area contributed by atoms with Crippen molar-refractivity contribution >= 4 is 0 Å². The Kier molecular flexibility index (Phi) is 7.90.